The van der Waals surface area contributed by atoms with E-state index in [4.69, 9.17) is 29.3 Å². The van der Waals surface area contributed by atoms with Crippen LogP contribution < -0.4 is 10.1 Å². The van der Waals surface area contributed by atoms with Crippen molar-refractivity contribution in [1.29, 1.82) is 0 Å². The van der Waals surface area contributed by atoms with Crippen molar-refractivity contribution < 1.29 is 29.3 Å². The maximum Gasteiger partial charge on any atom is 0.414 e. The molecule has 0 saturated carbocycles. The lowest BCUT2D eigenvalue weighted by Gasteiger charge is -2.12. The molecular weight excluding hydrogens is 338 g/mol. The predicted octanol–water partition coefficient (Wildman–Crippen LogP) is 2.39. The van der Waals surface area contributed by atoms with Gasteiger partial charge in [-0.2, -0.15) is 0 Å². The van der Waals surface area contributed by atoms with E-state index in [9.17, 15) is 0 Å². The number of aliphatic carboxylic acids is 2. The summed E-state index contributed by atoms with van der Waals surface area (Å²) < 4.78 is 11.5. The molecule has 26 heavy (non-hydrogen) atoms. The minimum atomic E-state index is -1.82. The van der Waals surface area contributed by atoms with E-state index in [1.807, 2.05) is 0 Å². The Morgan fingerprint density at radius 3 is 2.38 bits per heavy atom. The fourth-order valence-electron chi connectivity index (χ4n) is 2.62. The number of hydrogen-bond acceptors (Lipinski definition) is 5. The number of carboxylic acids is 2. The van der Waals surface area contributed by atoms with Crippen molar-refractivity contribution >= 4 is 11.9 Å². The SMILES string of the molecule is Cc1cccc(C)c1OCCCCNCC1CCCO1.O=C(O)C(=O)O. The number of rotatable bonds is 8. The lowest BCUT2D eigenvalue weighted by atomic mass is 10.1. The first-order valence-corrected chi connectivity index (χ1v) is 8.89. The third-order valence-electron chi connectivity index (χ3n) is 3.98. The minimum absolute atomic E-state index is 0.445. The van der Waals surface area contributed by atoms with Crippen LogP contribution in [0.1, 0.15) is 36.8 Å². The van der Waals surface area contributed by atoms with Crippen LogP contribution in [0.25, 0.3) is 0 Å². The standard InChI is InChI=1S/C17H27NO2.C2H2O4/c1-14-7-5-8-15(2)17(14)20-11-4-3-10-18-13-16-9-6-12-19-16;3-1(4)2(5)6/h5,7-8,16,18H,3-4,6,9-13H2,1-2H3;(H,3,4)(H,5,6). The highest BCUT2D eigenvalue weighted by molar-refractivity contribution is 6.27. The fraction of sp³-hybridized carbons (Fsp3) is 0.579. The Kier molecular flexibility index (Phi) is 10.3. The molecule has 1 atom stereocenters. The van der Waals surface area contributed by atoms with Crippen molar-refractivity contribution in [1.82, 2.24) is 5.32 Å². The Balaban J connectivity index is 0.000000487. The van der Waals surface area contributed by atoms with Gasteiger partial charge in [0.15, 0.2) is 0 Å². The number of nitrogens with one attached hydrogen (secondary N) is 1. The Morgan fingerprint density at radius 1 is 1.19 bits per heavy atom. The van der Waals surface area contributed by atoms with E-state index in [1.54, 1.807) is 0 Å². The number of unbranched alkanes of at least 4 members (excludes halogenated alkanes) is 1. The molecule has 0 spiro atoms. The number of hydrogen-bond donors (Lipinski definition) is 3. The van der Waals surface area contributed by atoms with Crippen molar-refractivity contribution in [2.75, 3.05) is 26.3 Å². The van der Waals surface area contributed by atoms with E-state index in [0.717, 1.165) is 44.9 Å². The normalized spacial score (nSPS) is 15.8. The molecule has 0 aliphatic carbocycles. The van der Waals surface area contributed by atoms with Gasteiger partial charge in [-0.3, -0.25) is 0 Å². The van der Waals surface area contributed by atoms with Crippen LogP contribution in [0.15, 0.2) is 18.2 Å². The summed E-state index contributed by atoms with van der Waals surface area (Å²) in [4.78, 5) is 18.2. The largest absolute Gasteiger partial charge is 0.493 e. The summed E-state index contributed by atoms with van der Waals surface area (Å²) >= 11 is 0. The topological polar surface area (TPSA) is 105 Å². The van der Waals surface area contributed by atoms with Crippen LogP contribution >= 0.6 is 0 Å². The van der Waals surface area contributed by atoms with Crippen molar-refractivity contribution in [3.05, 3.63) is 29.3 Å². The summed E-state index contributed by atoms with van der Waals surface area (Å²) in [5.41, 5.74) is 2.45. The fourth-order valence-corrected chi connectivity index (χ4v) is 2.62. The zero-order valence-corrected chi connectivity index (χ0v) is 15.5. The summed E-state index contributed by atoms with van der Waals surface area (Å²) in [7, 11) is 0. The van der Waals surface area contributed by atoms with Gasteiger partial charge in [-0.15, -0.1) is 0 Å². The average molecular weight is 367 g/mol. The molecule has 1 aromatic rings. The molecular formula is C19H29NO6. The summed E-state index contributed by atoms with van der Waals surface area (Å²) in [6, 6.07) is 6.28. The van der Waals surface area contributed by atoms with Crippen LogP contribution in [0.4, 0.5) is 0 Å². The lowest BCUT2D eigenvalue weighted by molar-refractivity contribution is -0.159. The average Bonchev–Trinajstić information content (AvgIpc) is 3.10. The van der Waals surface area contributed by atoms with Gasteiger partial charge in [-0.05, 0) is 57.2 Å². The second-order valence-electron chi connectivity index (χ2n) is 6.23. The smallest absolute Gasteiger partial charge is 0.414 e. The molecule has 0 aromatic heterocycles. The Morgan fingerprint density at radius 2 is 1.85 bits per heavy atom. The summed E-state index contributed by atoms with van der Waals surface area (Å²) in [6.45, 7) is 7.99. The monoisotopic (exact) mass is 367 g/mol. The number of ether oxygens (including phenoxy) is 2. The highest BCUT2D eigenvalue weighted by atomic mass is 16.5. The highest BCUT2D eigenvalue weighted by Gasteiger charge is 2.14. The van der Waals surface area contributed by atoms with Gasteiger partial charge in [0.2, 0.25) is 0 Å². The zero-order valence-electron chi connectivity index (χ0n) is 15.5. The van der Waals surface area contributed by atoms with Gasteiger partial charge in [0.05, 0.1) is 12.7 Å². The molecule has 0 radical (unpaired) electrons. The Labute approximate surface area is 154 Å². The first-order valence-electron chi connectivity index (χ1n) is 8.89. The van der Waals surface area contributed by atoms with Crippen molar-refractivity contribution in [3.63, 3.8) is 0 Å². The Hall–Kier alpha value is -2.12. The van der Waals surface area contributed by atoms with Crippen molar-refractivity contribution in [2.45, 2.75) is 45.6 Å². The molecule has 2 rings (SSSR count). The number of carboxylic acid groups (broad SMARTS) is 2. The minimum Gasteiger partial charge on any atom is -0.493 e. The molecule has 0 amide bonds. The van der Waals surface area contributed by atoms with Crippen LogP contribution in [-0.4, -0.2) is 54.6 Å². The third-order valence-corrected chi connectivity index (χ3v) is 3.98. The first-order chi connectivity index (χ1) is 12.4. The van der Waals surface area contributed by atoms with Crippen LogP contribution in [0.5, 0.6) is 5.75 Å². The molecule has 1 unspecified atom stereocenters. The van der Waals surface area contributed by atoms with Gasteiger partial charge in [0.1, 0.15) is 5.75 Å². The zero-order chi connectivity index (χ0) is 19.4. The number of carbonyl (C=O) groups is 2. The van der Waals surface area contributed by atoms with Crippen LogP contribution in [0.3, 0.4) is 0 Å². The molecule has 1 aliphatic rings. The predicted molar refractivity (Wildman–Crippen MR) is 97.8 cm³/mol. The van der Waals surface area contributed by atoms with Gasteiger partial charge in [-0.1, -0.05) is 18.2 Å². The molecule has 0 bridgehead atoms. The molecule has 3 N–H and O–H groups in total. The maximum absolute atomic E-state index is 9.10. The summed E-state index contributed by atoms with van der Waals surface area (Å²) in [5.74, 6) is -2.59. The van der Waals surface area contributed by atoms with Gasteiger partial charge in [-0.25, -0.2) is 9.59 Å². The molecule has 1 fully saturated rings. The van der Waals surface area contributed by atoms with Gasteiger partial charge in [0, 0.05) is 13.2 Å². The Bertz CT molecular complexity index is 537. The van der Waals surface area contributed by atoms with E-state index >= 15 is 0 Å². The number of para-hydroxylation sites is 1. The molecule has 1 aliphatic heterocycles. The van der Waals surface area contributed by atoms with Gasteiger partial charge in [0.25, 0.3) is 0 Å². The quantitative estimate of drug-likeness (QED) is 0.478. The van der Waals surface area contributed by atoms with Crippen LogP contribution in [0, 0.1) is 13.8 Å². The van der Waals surface area contributed by atoms with Gasteiger partial charge >= 0.3 is 11.9 Å². The molecule has 7 heteroatoms. The van der Waals surface area contributed by atoms with E-state index in [0.29, 0.717) is 6.10 Å². The van der Waals surface area contributed by atoms with Gasteiger partial charge < -0.3 is 25.0 Å². The molecule has 1 saturated heterocycles. The number of benzene rings is 1. The maximum atomic E-state index is 9.10. The summed E-state index contributed by atoms with van der Waals surface area (Å²) in [6.07, 6.45) is 5.11. The molecule has 1 heterocycles. The highest BCUT2D eigenvalue weighted by Crippen LogP contribution is 2.22. The van der Waals surface area contributed by atoms with E-state index in [-0.39, 0.29) is 0 Å². The van der Waals surface area contributed by atoms with Crippen molar-refractivity contribution in [3.8, 4) is 5.75 Å². The van der Waals surface area contributed by atoms with E-state index < -0.39 is 11.9 Å². The van der Waals surface area contributed by atoms with E-state index in [2.05, 4.69) is 37.4 Å². The van der Waals surface area contributed by atoms with E-state index in [1.165, 1.54) is 24.0 Å². The molecule has 146 valence electrons. The number of aryl methyl sites for hydroxylation is 2. The second-order valence-corrected chi connectivity index (χ2v) is 6.23. The lowest BCUT2D eigenvalue weighted by Crippen LogP contribution is -2.27. The third kappa shape index (κ3) is 8.82. The van der Waals surface area contributed by atoms with Crippen molar-refractivity contribution in [2.24, 2.45) is 0 Å². The second kappa shape index (κ2) is 12.3. The van der Waals surface area contributed by atoms with Crippen LogP contribution in [0.2, 0.25) is 0 Å². The molecule has 7 nitrogen and oxygen atoms in total. The first kappa shape index (κ1) is 21.9. The van der Waals surface area contributed by atoms with Crippen LogP contribution in [-0.2, 0) is 14.3 Å². The molecule has 1 aromatic carbocycles. The summed E-state index contributed by atoms with van der Waals surface area (Å²) in [5, 5.41) is 18.3.